The van der Waals surface area contributed by atoms with Crippen molar-refractivity contribution in [3.05, 3.63) is 63.6 Å². The highest BCUT2D eigenvalue weighted by Gasteiger charge is 2.09. The Morgan fingerprint density at radius 3 is 2.33 bits per heavy atom. The minimum absolute atomic E-state index is 0.0279. The van der Waals surface area contributed by atoms with Crippen LogP contribution in [-0.4, -0.2) is 17.0 Å². The number of nitrogens with zero attached hydrogens (tertiary/aromatic N) is 1. The van der Waals surface area contributed by atoms with Gasteiger partial charge in [0.15, 0.2) is 5.84 Å². The number of amides is 1. The van der Waals surface area contributed by atoms with Crippen LogP contribution in [0.4, 0.5) is 5.69 Å². The third-order valence-corrected chi connectivity index (χ3v) is 3.29. The van der Waals surface area contributed by atoms with Gasteiger partial charge in [0.2, 0.25) is 0 Å². The van der Waals surface area contributed by atoms with Crippen molar-refractivity contribution in [3.8, 4) is 0 Å². The Balaban J connectivity index is 2.19. The van der Waals surface area contributed by atoms with Crippen molar-refractivity contribution in [1.82, 2.24) is 0 Å². The lowest BCUT2D eigenvalue weighted by Crippen LogP contribution is -2.15. The monoisotopic (exact) mass is 323 g/mol. The molecular formula is C14H11Cl2N3O2. The highest BCUT2D eigenvalue weighted by atomic mass is 35.5. The number of amidine groups is 1. The molecule has 0 radical (unpaired) electrons. The summed E-state index contributed by atoms with van der Waals surface area (Å²) in [7, 11) is 0. The van der Waals surface area contributed by atoms with Crippen LogP contribution in [0, 0.1) is 0 Å². The third kappa shape index (κ3) is 3.65. The van der Waals surface area contributed by atoms with E-state index in [1.54, 1.807) is 42.5 Å². The van der Waals surface area contributed by atoms with E-state index in [9.17, 15) is 4.79 Å². The van der Waals surface area contributed by atoms with Gasteiger partial charge in [0.1, 0.15) is 0 Å². The van der Waals surface area contributed by atoms with Gasteiger partial charge in [-0.05, 0) is 30.3 Å². The number of benzene rings is 2. The second kappa shape index (κ2) is 6.47. The summed E-state index contributed by atoms with van der Waals surface area (Å²) in [5.41, 5.74) is 6.79. The first-order valence-corrected chi connectivity index (χ1v) is 6.61. The van der Waals surface area contributed by atoms with Crippen LogP contribution in [-0.2, 0) is 0 Å². The lowest BCUT2D eigenvalue weighted by molar-refractivity contribution is 0.102. The highest BCUT2D eigenvalue weighted by Crippen LogP contribution is 2.25. The van der Waals surface area contributed by atoms with Crippen molar-refractivity contribution in [3.63, 3.8) is 0 Å². The van der Waals surface area contributed by atoms with E-state index in [1.165, 1.54) is 0 Å². The number of hydrogen-bond acceptors (Lipinski definition) is 3. The first-order chi connectivity index (χ1) is 10.0. The van der Waals surface area contributed by atoms with Gasteiger partial charge in [-0.1, -0.05) is 40.5 Å². The molecule has 0 saturated carbocycles. The van der Waals surface area contributed by atoms with E-state index < -0.39 is 0 Å². The van der Waals surface area contributed by atoms with E-state index in [4.69, 9.17) is 34.1 Å². The van der Waals surface area contributed by atoms with Crippen LogP contribution in [0.3, 0.4) is 0 Å². The van der Waals surface area contributed by atoms with Crippen LogP contribution in [0.5, 0.6) is 0 Å². The fourth-order valence-corrected chi connectivity index (χ4v) is 1.97. The highest BCUT2D eigenvalue weighted by molar-refractivity contribution is 6.35. The molecule has 2 aromatic rings. The Bertz CT molecular complexity index is 700. The minimum atomic E-state index is -0.342. The summed E-state index contributed by atoms with van der Waals surface area (Å²) in [6.07, 6.45) is 0. The van der Waals surface area contributed by atoms with Crippen LogP contribution in [0.15, 0.2) is 47.6 Å². The molecule has 2 aromatic carbocycles. The molecule has 0 bridgehead atoms. The molecule has 0 fully saturated rings. The molecule has 21 heavy (non-hydrogen) atoms. The van der Waals surface area contributed by atoms with Crippen molar-refractivity contribution in [2.24, 2.45) is 10.9 Å². The van der Waals surface area contributed by atoms with Gasteiger partial charge in [-0.15, -0.1) is 0 Å². The van der Waals surface area contributed by atoms with Gasteiger partial charge in [-0.2, -0.15) is 0 Å². The average Bonchev–Trinajstić information content (AvgIpc) is 2.50. The summed E-state index contributed by atoms with van der Waals surface area (Å²) in [6.45, 7) is 0. The zero-order valence-electron chi connectivity index (χ0n) is 10.7. The Kier molecular flexibility index (Phi) is 4.67. The molecule has 0 atom stereocenters. The molecule has 0 unspecified atom stereocenters. The lowest BCUT2D eigenvalue weighted by Gasteiger charge is -2.08. The van der Waals surface area contributed by atoms with Crippen molar-refractivity contribution >= 4 is 40.6 Å². The summed E-state index contributed by atoms with van der Waals surface area (Å²) in [5.74, 6) is -0.370. The lowest BCUT2D eigenvalue weighted by atomic mass is 10.1. The minimum Gasteiger partial charge on any atom is -0.409 e. The van der Waals surface area contributed by atoms with E-state index in [0.29, 0.717) is 26.9 Å². The van der Waals surface area contributed by atoms with Crippen molar-refractivity contribution in [2.45, 2.75) is 0 Å². The molecule has 4 N–H and O–H groups in total. The number of hydrogen-bond donors (Lipinski definition) is 3. The predicted molar refractivity (Wildman–Crippen MR) is 83.4 cm³/mol. The molecule has 5 nitrogen and oxygen atoms in total. The maximum atomic E-state index is 12.1. The normalized spacial score (nSPS) is 11.2. The second-order valence-electron chi connectivity index (χ2n) is 4.14. The molecule has 0 aliphatic carbocycles. The van der Waals surface area contributed by atoms with Gasteiger partial charge in [0.05, 0.1) is 10.7 Å². The fraction of sp³-hybridized carbons (Fsp3) is 0. The molecule has 0 heterocycles. The number of halogens is 2. The molecule has 7 heteroatoms. The van der Waals surface area contributed by atoms with E-state index in [1.807, 2.05) is 0 Å². The number of carbonyl (C=O) groups excluding carboxylic acids is 1. The summed E-state index contributed by atoms with van der Waals surface area (Å²) in [5, 5.41) is 15.0. The fourth-order valence-electron chi connectivity index (χ4n) is 1.64. The largest absolute Gasteiger partial charge is 0.409 e. The van der Waals surface area contributed by atoms with E-state index >= 15 is 0 Å². The van der Waals surface area contributed by atoms with Gasteiger partial charge in [-0.3, -0.25) is 4.79 Å². The number of carbonyl (C=O) groups is 1. The van der Waals surface area contributed by atoms with E-state index in [-0.39, 0.29) is 11.7 Å². The Morgan fingerprint density at radius 2 is 1.71 bits per heavy atom. The number of nitrogens with one attached hydrogen (secondary N) is 1. The second-order valence-corrected chi connectivity index (χ2v) is 4.98. The first-order valence-electron chi connectivity index (χ1n) is 5.85. The zero-order chi connectivity index (χ0) is 15.4. The maximum absolute atomic E-state index is 12.1. The molecule has 0 aliphatic rings. The zero-order valence-corrected chi connectivity index (χ0v) is 12.2. The summed E-state index contributed by atoms with van der Waals surface area (Å²) in [6, 6.07) is 11.0. The summed E-state index contributed by atoms with van der Waals surface area (Å²) < 4.78 is 0. The molecule has 0 saturated heterocycles. The Labute approximate surface area is 131 Å². The first kappa shape index (κ1) is 15.2. The van der Waals surface area contributed by atoms with Crippen LogP contribution in [0.2, 0.25) is 10.0 Å². The van der Waals surface area contributed by atoms with Crippen molar-refractivity contribution in [1.29, 1.82) is 0 Å². The number of anilines is 1. The van der Waals surface area contributed by atoms with Crippen molar-refractivity contribution < 1.29 is 10.0 Å². The van der Waals surface area contributed by atoms with Crippen LogP contribution in [0.25, 0.3) is 0 Å². The molecule has 0 aliphatic heterocycles. The molecule has 2 rings (SSSR count). The average molecular weight is 324 g/mol. The van der Waals surface area contributed by atoms with Crippen LogP contribution < -0.4 is 11.1 Å². The van der Waals surface area contributed by atoms with Gasteiger partial charge in [-0.25, -0.2) is 0 Å². The molecular weight excluding hydrogens is 313 g/mol. The quantitative estimate of drug-likeness (QED) is 0.350. The van der Waals surface area contributed by atoms with Crippen molar-refractivity contribution in [2.75, 3.05) is 5.32 Å². The van der Waals surface area contributed by atoms with E-state index in [2.05, 4.69) is 10.5 Å². The number of oxime groups is 1. The smallest absolute Gasteiger partial charge is 0.255 e. The summed E-state index contributed by atoms with van der Waals surface area (Å²) in [4.78, 5) is 12.1. The molecule has 1 amide bonds. The SMILES string of the molecule is N/C(=N\O)c1ccc(C(=O)Nc2cc(Cl)ccc2Cl)cc1. The topological polar surface area (TPSA) is 87.7 Å². The Hall–Kier alpha value is -2.24. The van der Waals surface area contributed by atoms with Crippen LogP contribution >= 0.6 is 23.2 Å². The Morgan fingerprint density at radius 1 is 1.10 bits per heavy atom. The third-order valence-electron chi connectivity index (χ3n) is 2.73. The van der Waals surface area contributed by atoms with Gasteiger partial charge in [0.25, 0.3) is 5.91 Å². The van der Waals surface area contributed by atoms with Gasteiger partial charge in [0, 0.05) is 16.1 Å². The standard InChI is InChI=1S/C14H11Cl2N3O2/c15-10-5-6-11(16)12(7-10)18-14(20)9-3-1-8(2-4-9)13(17)19-21/h1-7,21H,(H2,17,19)(H,18,20). The predicted octanol–water partition coefficient (Wildman–Crippen LogP) is 3.34. The maximum Gasteiger partial charge on any atom is 0.255 e. The molecule has 0 aromatic heterocycles. The van der Waals surface area contributed by atoms with Gasteiger partial charge < -0.3 is 16.3 Å². The van der Waals surface area contributed by atoms with Gasteiger partial charge >= 0.3 is 0 Å². The van der Waals surface area contributed by atoms with Crippen LogP contribution in [0.1, 0.15) is 15.9 Å². The number of rotatable bonds is 3. The van der Waals surface area contributed by atoms with E-state index in [0.717, 1.165) is 0 Å². The molecule has 0 spiro atoms. The molecule has 108 valence electrons. The summed E-state index contributed by atoms with van der Waals surface area (Å²) >= 11 is 11.8. The number of nitrogens with two attached hydrogens (primary N) is 1.